The largest absolute Gasteiger partial charge is 0.302 e. The van der Waals surface area contributed by atoms with Crippen molar-refractivity contribution in [3.05, 3.63) is 70.8 Å². The van der Waals surface area contributed by atoms with Crippen molar-refractivity contribution in [3.63, 3.8) is 0 Å². The molecule has 0 amide bonds. The van der Waals surface area contributed by atoms with Crippen molar-refractivity contribution in [2.75, 3.05) is 26.2 Å². The molecule has 2 aliphatic rings. The van der Waals surface area contributed by atoms with Gasteiger partial charge in [-0.15, -0.1) is 12.4 Å². The number of aryl methyl sites for hydroxylation is 2. The zero-order chi connectivity index (χ0) is 16.2. The minimum absolute atomic E-state index is 0. The lowest BCUT2D eigenvalue weighted by molar-refractivity contribution is 0.211. The molecule has 0 unspecified atom stereocenters. The minimum Gasteiger partial charge on any atom is -0.302 e. The highest BCUT2D eigenvalue weighted by atomic mass is 35.5. The highest BCUT2D eigenvalue weighted by Gasteiger charge is 2.17. The number of nitrogens with zero attached hydrogens (tertiary/aromatic N) is 2. The average Bonchev–Trinajstić information content (AvgIpc) is 3.15. The van der Waals surface area contributed by atoms with E-state index in [9.17, 15) is 0 Å². The number of rotatable bonds is 3. The summed E-state index contributed by atoms with van der Waals surface area (Å²) in [4.78, 5) is 5.28. The van der Waals surface area contributed by atoms with Crippen molar-refractivity contribution < 1.29 is 0 Å². The van der Waals surface area contributed by atoms with Gasteiger partial charge in [0.05, 0.1) is 0 Å². The van der Waals surface area contributed by atoms with Gasteiger partial charge in [-0.1, -0.05) is 48.5 Å². The Kier molecular flexibility index (Phi) is 6.52. The van der Waals surface area contributed by atoms with Gasteiger partial charge in [-0.05, 0) is 61.0 Å². The Morgan fingerprint density at radius 3 is 1.56 bits per heavy atom. The van der Waals surface area contributed by atoms with E-state index in [1.165, 1.54) is 61.3 Å². The molecule has 0 spiro atoms. The van der Waals surface area contributed by atoms with Crippen LogP contribution in [-0.2, 0) is 25.9 Å². The van der Waals surface area contributed by atoms with Crippen LogP contribution in [0.3, 0.4) is 0 Å². The highest BCUT2D eigenvalue weighted by molar-refractivity contribution is 5.85. The number of hydrogen-bond donors (Lipinski definition) is 0. The molecule has 3 heteroatoms. The first kappa shape index (κ1) is 18.4. The van der Waals surface area contributed by atoms with E-state index in [1.807, 2.05) is 0 Å². The minimum atomic E-state index is 0. The van der Waals surface area contributed by atoms with Gasteiger partial charge in [0.2, 0.25) is 0 Å². The van der Waals surface area contributed by atoms with Crippen LogP contribution in [0.15, 0.2) is 48.5 Å². The lowest BCUT2D eigenvalue weighted by atomic mass is 9.98. The van der Waals surface area contributed by atoms with Gasteiger partial charge in [0.25, 0.3) is 0 Å². The zero-order valence-electron chi connectivity index (χ0n) is 15.0. The first-order valence-electron chi connectivity index (χ1n) is 9.47. The Hall–Kier alpha value is -1.35. The van der Waals surface area contributed by atoms with Crippen molar-refractivity contribution in [3.8, 4) is 0 Å². The van der Waals surface area contributed by atoms with Crippen LogP contribution >= 0.6 is 12.4 Å². The number of fused-ring (bicyclic) bond motifs is 2. The maximum Gasteiger partial charge on any atom is 0.0240 e. The van der Waals surface area contributed by atoms with Gasteiger partial charge in [-0.2, -0.15) is 0 Å². The van der Waals surface area contributed by atoms with Crippen molar-refractivity contribution in [1.82, 2.24) is 9.80 Å². The first-order chi connectivity index (χ1) is 11.9. The van der Waals surface area contributed by atoms with E-state index >= 15 is 0 Å². The molecule has 2 nitrogen and oxygen atoms in total. The van der Waals surface area contributed by atoms with Crippen molar-refractivity contribution in [1.29, 1.82) is 0 Å². The van der Waals surface area contributed by atoms with E-state index in [4.69, 9.17) is 0 Å². The number of likely N-dealkylation sites (tertiary alicyclic amines) is 1. The van der Waals surface area contributed by atoms with Gasteiger partial charge in [0.1, 0.15) is 0 Å². The third kappa shape index (κ3) is 4.63. The maximum absolute atomic E-state index is 2.65. The van der Waals surface area contributed by atoms with Crippen LogP contribution in [-0.4, -0.2) is 36.0 Å². The molecule has 0 aromatic heterocycles. The van der Waals surface area contributed by atoms with Gasteiger partial charge in [0.15, 0.2) is 0 Å². The van der Waals surface area contributed by atoms with Crippen LogP contribution in [0.1, 0.15) is 35.1 Å². The standard InChI is InChI=1S/C22H28N2.ClH/c1-3-9-21-17-24(16-15-23-13-5-6-14-23)18-22-10-4-2-8-20(22)12-11-19(21)7-1;/h1-4,7-10H,5-6,11-18H2;1H. The summed E-state index contributed by atoms with van der Waals surface area (Å²) in [5.41, 5.74) is 6.10. The second-order valence-electron chi connectivity index (χ2n) is 7.30. The Bertz CT molecular complexity index is 630. The summed E-state index contributed by atoms with van der Waals surface area (Å²) in [5.74, 6) is 0. The van der Waals surface area contributed by atoms with E-state index < -0.39 is 0 Å². The second-order valence-corrected chi connectivity index (χ2v) is 7.30. The van der Waals surface area contributed by atoms with E-state index in [1.54, 1.807) is 0 Å². The lowest BCUT2D eigenvalue weighted by Gasteiger charge is -2.26. The molecule has 2 heterocycles. The van der Waals surface area contributed by atoms with Crippen LogP contribution in [0, 0.1) is 0 Å². The Labute approximate surface area is 158 Å². The van der Waals surface area contributed by atoms with E-state index in [0.29, 0.717) is 0 Å². The summed E-state index contributed by atoms with van der Waals surface area (Å²) in [7, 11) is 0. The number of benzene rings is 2. The monoisotopic (exact) mass is 356 g/mol. The molecule has 0 saturated carbocycles. The number of hydrogen-bond acceptors (Lipinski definition) is 2. The second kappa shape index (κ2) is 8.84. The molecule has 2 aromatic rings. The predicted molar refractivity (Wildman–Crippen MR) is 107 cm³/mol. The third-order valence-corrected chi connectivity index (χ3v) is 5.62. The van der Waals surface area contributed by atoms with Crippen molar-refractivity contribution in [2.45, 2.75) is 38.8 Å². The van der Waals surface area contributed by atoms with Crippen LogP contribution in [0.4, 0.5) is 0 Å². The van der Waals surface area contributed by atoms with Gasteiger partial charge >= 0.3 is 0 Å². The smallest absolute Gasteiger partial charge is 0.0240 e. The molecule has 4 rings (SSSR count). The molecule has 0 atom stereocenters. The average molecular weight is 357 g/mol. The predicted octanol–water partition coefficient (Wildman–Crippen LogP) is 4.31. The van der Waals surface area contributed by atoms with E-state index in [2.05, 4.69) is 58.3 Å². The molecule has 2 aromatic carbocycles. The lowest BCUT2D eigenvalue weighted by Crippen LogP contribution is -2.33. The summed E-state index contributed by atoms with van der Waals surface area (Å²) in [6, 6.07) is 18.1. The van der Waals surface area contributed by atoms with Crippen LogP contribution in [0.25, 0.3) is 0 Å². The first-order valence-corrected chi connectivity index (χ1v) is 9.47. The Morgan fingerprint density at radius 2 is 1.04 bits per heavy atom. The summed E-state index contributed by atoms with van der Waals surface area (Å²) in [5, 5.41) is 0. The fourth-order valence-corrected chi connectivity index (χ4v) is 4.17. The molecule has 1 fully saturated rings. The maximum atomic E-state index is 2.65. The summed E-state index contributed by atoms with van der Waals surface area (Å²) < 4.78 is 0. The molecule has 2 aliphatic heterocycles. The van der Waals surface area contributed by atoms with E-state index in [-0.39, 0.29) is 12.4 Å². The highest BCUT2D eigenvalue weighted by Crippen LogP contribution is 2.22. The van der Waals surface area contributed by atoms with Crippen molar-refractivity contribution in [2.24, 2.45) is 0 Å². The molecular weight excluding hydrogens is 328 g/mol. The molecule has 134 valence electrons. The summed E-state index contributed by atoms with van der Waals surface area (Å²) >= 11 is 0. The Balaban J connectivity index is 0.00000182. The number of halogens is 1. The van der Waals surface area contributed by atoms with Crippen LogP contribution in [0.2, 0.25) is 0 Å². The summed E-state index contributed by atoms with van der Waals surface area (Å²) in [6.07, 6.45) is 5.08. The SMILES string of the molecule is Cl.c1ccc2c(c1)CCc1ccccc1CN(CCN1CCCC1)C2. The van der Waals surface area contributed by atoms with Crippen molar-refractivity contribution >= 4 is 12.4 Å². The molecule has 1 saturated heterocycles. The van der Waals surface area contributed by atoms with Gasteiger partial charge in [0, 0.05) is 26.2 Å². The van der Waals surface area contributed by atoms with E-state index in [0.717, 1.165) is 25.9 Å². The topological polar surface area (TPSA) is 6.48 Å². The third-order valence-electron chi connectivity index (χ3n) is 5.62. The van der Waals surface area contributed by atoms with Crippen LogP contribution < -0.4 is 0 Å². The van der Waals surface area contributed by atoms with Crippen LogP contribution in [0.5, 0.6) is 0 Å². The zero-order valence-corrected chi connectivity index (χ0v) is 15.8. The fraction of sp³-hybridized carbons (Fsp3) is 0.455. The van der Waals surface area contributed by atoms with Gasteiger partial charge in [-0.25, -0.2) is 0 Å². The van der Waals surface area contributed by atoms with Gasteiger partial charge < -0.3 is 4.90 Å². The normalized spacial score (nSPS) is 18.4. The molecule has 0 aliphatic carbocycles. The molecule has 0 N–H and O–H groups in total. The Morgan fingerprint density at radius 1 is 0.600 bits per heavy atom. The molecular formula is C22H29ClN2. The molecule has 25 heavy (non-hydrogen) atoms. The quantitative estimate of drug-likeness (QED) is 0.808. The van der Waals surface area contributed by atoms with Gasteiger partial charge in [-0.3, -0.25) is 4.90 Å². The molecule has 0 radical (unpaired) electrons. The summed E-state index contributed by atoms with van der Waals surface area (Å²) in [6.45, 7) is 7.13. The molecule has 0 bridgehead atoms. The fourth-order valence-electron chi connectivity index (χ4n) is 4.17.